The van der Waals surface area contributed by atoms with Crippen molar-refractivity contribution in [3.63, 3.8) is 0 Å². The number of thioether (sulfide) groups is 1. The van der Waals surface area contributed by atoms with Crippen LogP contribution in [0.2, 0.25) is 0 Å². The number of rotatable bonds is 3. The van der Waals surface area contributed by atoms with E-state index in [4.69, 9.17) is 0 Å². The van der Waals surface area contributed by atoms with E-state index in [0.717, 1.165) is 12.2 Å². The minimum Gasteiger partial charge on any atom is -0.152 e. The molecule has 0 aliphatic rings. The van der Waals surface area contributed by atoms with Crippen molar-refractivity contribution in [2.45, 2.75) is 26.2 Å². The Hall–Kier alpha value is -0.0900. The van der Waals surface area contributed by atoms with Gasteiger partial charge in [0.2, 0.25) is 0 Å². The summed E-state index contributed by atoms with van der Waals surface area (Å²) in [6.07, 6.45) is 5.67. The third-order valence-corrected chi connectivity index (χ3v) is 1.43. The minimum atomic E-state index is 0.990. The van der Waals surface area contributed by atoms with Crippen LogP contribution in [-0.4, -0.2) is 12.0 Å². The molecule has 0 fully saturated rings. The SMILES string of the molecule is CCCCC#CCSC. The lowest BCUT2D eigenvalue weighted by molar-refractivity contribution is 0.828. The van der Waals surface area contributed by atoms with E-state index in [1.54, 1.807) is 11.8 Å². The van der Waals surface area contributed by atoms with Crippen molar-refractivity contribution in [3.8, 4) is 11.8 Å². The molecule has 0 aromatic heterocycles. The number of unbranched alkanes of at least 4 members (excludes halogenated alkanes) is 2. The average molecular weight is 142 g/mol. The van der Waals surface area contributed by atoms with Crippen molar-refractivity contribution < 1.29 is 0 Å². The van der Waals surface area contributed by atoms with Gasteiger partial charge in [-0.3, -0.25) is 0 Å². The molecule has 0 radical (unpaired) electrons. The summed E-state index contributed by atoms with van der Waals surface area (Å²) in [7, 11) is 0. The van der Waals surface area contributed by atoms with Gasteiger partial charge in [0.15, 0.2) is 0 Å². The topological polar surface area (TPSA) is 0 Å². The highest BCUT2D eigenvalue weighted by Crippen LogP contribution is 1.91. The van der Waals surface area contributed by atoms with Gasteiger partial charge in [-0.05, 0) is 12.7 Å². The Morgan fingerprint density at radius 2 is 2.11 bits per heavy atom. The smallest absolute Gasteiger partial charge is 0.0544 e. The van der Waals surface area contributed by atoms with E-state index in [1.165, 1.54) is 12.8 Å². The van der Waals surface area contributed by atoms with E-state index in [9.17, 15) is 0 Å². The van der Waals surface area contributed by atoms with Crippen molar-refractivity contribution in [2.75, 3.05) is 12.0 Å². The van der Waals surface area contributed by atoms with E-state index in [2.05, 4.69) is 25.0 Å². The molecule has 0 aromatic carbocycles. The zero-order valence-corrected chi connectivity index (χ0v) is 7.05. The zero-order chi connectivity index (χ0) is 6.95. The average Bonchev–Trinajstić information content (AvgIpc) is 1.89. The van der Waals surface area contributed by atoms with Gasteiger partial charge in [-0.1, -0.05) is 19.3 Å². The second-order valence-corrected chi connectivity index (χ2v) is 2.76. The van der Waals surface area contributed by atoms with Crippen LogP contribution in [0, 0.1) is 11.8 Å². The van der Waals surface area contributed by atoms with Crippen molar-refractivity contribution in [3.05, 3.63) is 0 Å². The van der Waals surface area contributed by atoms with Gasteiger partial charge in [-0.15, -0.1) is 5.92 Å². The molecule has 0 rings (SSSR count). The van der Waals surface area contributed by atoms with Crippen LogP contribution in [0.15, 0.2) is 0 Å². The molecule has 0 aliphatic heterocycles. The lowest BCUT2D eigenvalue weighted by Crippen LogP contribution is -1.69. The molecule has 52 valence electrons. The van der Waals surface area contributed by atoms with E-state index >= 15 is 0 Å². The van der Waals surface area contributed by atoms with E-state index in [-0.39, 0.29) is 0 Å². The summed E-state index contributed by atoms with van der Waals surface area (Å²) in [5.74, 6) is 7.19. The Morgan fingerprint density at radius 1 is 1.33 bits per heavy atom. The van der Waals surface area contributed by atoms with Gasteiger partial charge in [0, 0.05) is 6.42 Å². The molecular weight excluding hydrogens is 128 g/mol. The molecule has 0 spiro atoms. The van der Waals surface area contributed by atoms with Crippen LogP contribution in [0.5, 0.6) is 0 Å². The van der Waals surface area contributed by atoms with Crippen LogP contribution in [0.3, 0.4) is 0 Å². The van der Waals surface area contributed by atoms with Gasteiger partial charge in [-0.25, -0.2) is 0 Å². The molecule has 9 heavy (non-hydrogen) atoms. The van der Waals surface area contributed by atoms with E-state index in [0.29, 0.717) is 0 Å². The molecule has 1 heteroatoms. The summed E-state index contributed by atoms with van der Waals surface area (Å²) in [6.45, 7) is 2.19. The first-order valence-corrected chi connectivity index (χ1v) is 4.75. The molecule has 0 N–H and O–H groups in total. The highest BCUT2D eigenvalue weighted by molar-refractivity contribution is 7.98. The molecule has 0 heterocycles. The maximum atomic E-state index is 3.12. The van der Waals surface area contributed by atoms with Gasteiger partial charge in [0.1, 0.15) is 0 Å². The van der Waals surface area contributed by atoms with E-state index < -0.39 is 0 Å². The maximum absolute atomic E-state index is 3.12. The van der Waals surface area contributed by atoms with Crippen LogP contribution in [0.4, 0.5) is 0 Å². The molecular formula is C8H14S. The summed E-state index contributed by atoms with van der Waals surface area (Å²) in [6, 6.07) is 0. The summed E-state index contributed by atoms with van der Waals surface area (Å²) in [5.41, 5.74) is 0. The highest BCUT2D eigenvalue weighted by Gasteiger charge is 1.75. The van der Waals surface area contributed by atoms with Gasteiger partial charge < -0.3 is 0 Å². The fourth-order valence-electron chi connectivity index (χ4n) is 0.477. The second kappa shape index (κ2) is 7.91. The fourth-order valence-corrected chi connectivity index (χ4v) is 0.723. The normalized spacial score (nSPS) is 8.22. The third kappa shape index (κ3) is 7.91. The molecule has 0 unspecified atom stereocenters. The Morgan fingerprint density at radius 3 is 2.67 bits per heavy atom. The Bertz CT molecular complexity index is 96.9. The van der Waals surface area contributed by atoms with E-state index in [1.807, 2.05) is 0 Å². The van der Waals surface area contributed by atoms with Crippen molar-refractivity contribution >= 4 is 11.8 Å². The summed E-state index contributed by atoms with van der Waals surface area (Å²) in [5, 5.41) is 0. The maximum Gasteiger partial charge on any atom is 0.0544 e. The quantitative estimate of drug-likeness (QED) is 0.431. The first-order chi connectivity index (χ1) is 4.41. The number of hydrogen-bond donors (Lipinski definition) is 0. The molecule has 0 aliphatic carbocycles. The third-order valence-electron chi connectivity index (χ3n) is 0.997. The second-order valence-electron chi connectivity index (χ2n) is 1.89. The molecule has 0 aromatic rings. The fraction of sp³-hybridized carbons (Fsp3) is 0.750. The predicted molar refractivity (Wildman–Crippen MR) is 45.7 cm³/mol. The van der Waals surface area contributed by atoms with Crippen LogP contribution < -0.4 is 0 Å². The van der Waals surface area contributed by atoms with Gasteiger partial charge >= 0.3 is 0 Å². The van der Waals surface area contributed by atoms with Gasteiger partial charge in [0.25, 0.3) is 0 Å². The summed E-state index contributed by atoms with van der Waals surface area (Å²) >= 11 is 1.79. The van der Waals surface area contributed by atoms with Crippen molar-refractivity contribution in [1.82, 2.24) is 0 Å². The lowest BCUT2D eigenvalue weighted by atomic mass is 10.3. The van der Waals surface area contributed by atoms with Crippen LogP contribution in [0.1, 0.15) is 26.2 Å². The predicted octanol–water partition coefficient (Wildman–Crippen LogP) is 2.54. The number of hydrogen-bond acceptors (Lipinski definition) is 1. The molecule has 0 bridgehead atoms. The summed E-state index contributed by atoms with van der Waals surface area (Å²) < 4.78 is 0. The van der Waals surface area contributed by atoms with Crippen LogP contribution in [-0.2, 0) is 0 Å². The van der Waals surface area contributed by atoms with Crippen LogP contribution >= 0.6 is 11.8 Å². The molecule has 0 atom stereocenters. The highest BCUT2D eigenvalue weighted by atomic mass is 32.2. The van der Waals surface area contributed by atoms with Crippen molar-refractivity contribution in [1.29, 1.82) is 0 Å². The Balaban J connectivity index is 2.96. The standard InChI is InChI=1S/C8H14S/c1-3-4-5-6-7-8-9-2/h3-5,8H2,1-2H3. The van der Waals surface area contributed by atoms with Gasteiger partial charge in [-0.2, -0.15) is 11.8 Å². The Kier molecular flexibility index (Phi) is 7.83. The lowest BCUT2D eigenvalue weighted by Gasteiger charge is -1.83. The first kappa shape index (κ1) is 8.91. The van der Waals surface area contributed by atoms with Crippen LogP contribution in [0.25, 0.3) is 0 Å². The molecule has 0 nitrogen and oxygen atoms in total. The zero-order valence-electron chi connectivity index (χ0n) is 6.24. The molecule has 0 amide bonds. The first-order valence-electron chi connectivity index (χ1n) is 3.36. The Labute approximate surface area is 62.4 Å². The largest absolute Gasteiger partial charge is 0.152 e. The molecule has 0 saturated heterocycles. The summed E-state index contributed by atoms with van der Waals surface area (Å²) in [4.78, 5) is 0. The van der Waals surface area contributed by atoms with Gasteiger partial charge in [0.05, 0.1) is 5.75 Å². The monoisotopic (exact) mass is 142 g/mol. The molecule has 0 saturated carbocycles. The van der Waals surface area contributed by atoms with Crippen molar-refractivity contribution in [2.24, 2.45) is 0 Å². The minimum absolute atomic E-state index is 0.990.